The van der Waals surface area contributed by atoms with Crippen molar-refractivity contribution in [1.29, 1.82) is 0 Å². The molecule has 1 N–H and O–H groups in total. The first-order valence-corrected chi connectivity index (χ1v) is 8.97. The number of hydrogen-bond donors (Lipinski definition) is 1. The summed E-state index contributed by atoms with van der Waals surface area (Å²) in [6.45, 7) is 3.78. The molecular weight excluding hydrogens is 230 g/mol. The van der Waals surface area contributed by atoms with Crippen molar-refractivity contribution in [1.82, 2.24) is 5.32 Å². The third-order valence-electron chi connectivity index (χ3n) is 6.94. The second kappa shape index (κ2) is 4.76. The second-order valence-corrected chi connectivity index (χ2v) is 8.54. The van der Waals surface area contributed by atoms with Crippen molar-refractivity contribution in [2.24, 2.45) is 29.1 Å². The number of nitrogens with one attached hydrogen (secondary N) is 1. The SMILES string of the molecule is CC(NCCCC1CC1)C12CC3CC(CC(C3)C1)C2. The molecule has 4 bridgehead atoms. The molecule has 1 nitrogen and oxygen atoms in total. The number of hydrogen-bond acceptors (Lipinski definition) is 1. The minimum absolute atomic E-state index is 0.703. The molecule has 19 heavy (non-hydrogen) atoms. The topological polar surface area (TPSA) is 12.0 Å². The summed E-state index contributed by atoms with van der Waals surface area (Å²) in [5.41, 5.74) is 0.703. The molecule has 5 rings (SSSR count). The van der Waals surface area contributed by atoms with E-state index < -0.39 is 0 Å². The molecular formula is C18H31N. The van der Waals surface area contributed by atoms with E-state index in [4.69, 9.17) is 0 Å². The maximum Gasteiger partial charge on any atom is 0.00954 e. The first kappa shape index (κ1) is 12.7. The van der Waals surface area contributed by atoms with Gasteiger partial charge in [-0.25, -0.2) is 0 Å². The van der Waals surface area contributed by atoms with Crippen LogP contribution in [0.4, 0.5) is 0 Å². The van der Waals surface area contributed by atoms with Gasteiger partial charge >= 0.3 is 0 Å². The molecule has 5 aliphatic rings. The Labute approximate surface area is 118 Å². The molecule has 0 heterocycles. The Hall–Kier alpha value is -0.0400. The van der Waals surface area contributed by atoms with E-state index in [-0.39, 0.29) is 0 Å². The maximum absolute atomic E-state index is 3.92. The fourth-order valence-electron chi connectivity index (χ4n) is 6.04. The van der Waals surface area contributed by atoms with Crippen LogP contribution >= 0.6 is 0 Å². The highest BCUT2D eigenvalue weighted by Gasteiger charge is 2.52. The zero-order valence-electron chi connectivity index (χ0n) is 12.7. The van der Waals surface area contributed by atoms with Crippen molar-refractivity contribution in [3.05, 3.63) is 0 Å². The van der Waals surface area contributed by atoms with E-state index in [1.165, 1.54) is 32.2 Å². The van der Waals surface area contributed by atoms with Gasteiger partial charge in [-0.15, -0.1) is 0 Å². The van der Waals surface area contributed by atoms with Crippen LogP contribution in [0.5, 0.6) is 0 Å². The predicted octanol–water partition coefficient (Wildman–Crippen LogP) is 4.37. The van der Waals surface area contributed by atoms with Crippen molar-refractivity contribution in [3.63, 3.8) is 0 Å². The summed E-state index contributed by atoms with van der Waals surface area (Å²) in [6, 6.07) is 0.778. The van der Waals surface area contributed by atoms with Gasteiger partial charge in [0, 0.05) is 6.04 Å². The van der Waals surface area contributed by atoms with Gasteiger partial charge in [0.2, 0.25) is 0 Å². The highest BCUT2D eigenvalue weighted by Crippen LogP contribution is 2.61. The molecule has 0 spiro atoms. The van der Waals surface area contributed by atoms with Gasteiger partial charge < -0.3 is 5.32 Å². The van der Waals surface area contributed by atoms with Gasteiger partial charge in [-0.3, -0.25) is 0 Å². The molecule has 0 radical (unpaired) electrons. The third kappa shape index (κ3) is 2.48. The van der Waals surface area contributed by atoms with Crippen LogP contribution in [-0.4, -0.2) is 12.6 Å². The molecule has 1 heteroatoms. The zero-order valence-corrected chi connectivity index (χ0v) is 12.7. The van der Waals surface area contributed by atoms with E-state index in [1.54, 1.807) is 38.5 Å². The molecule has 1 atom stereocenters. The fraction of sp³-hybridized carbons (Fsp3) is 1.00. The maximum atomic E-state index is 3.92. The summed E-state index contributed by atoms with van der Waals surface area (Å²) in [6.07, 6.45) is 15.3. The lowest BCUT2D eigenvalue weighted by Gasteiger charge is -2.59. The van der Waals surface area contributed by atoms with Crippen molar-refractivity contribution in [2.45, 2.75) is 77.2 Å². The summed E-state index contributed by atoms with van der Waals surface area (Å²) in [5, 5.41) is 3.92. The first-order chi connectivity index (χ1) is 9.23. The standard InChI is InChI=1S/C18H31N/c1-13(19-6-2-3-14-4-5-14)18-10-15-7-16(11-18)9-17(8-15)12-18/h13-17,19H,2-12H2,1H3. The van der Waals surface area contributed by atoms with Crippen molar-refractivity contribution < 1.29 is 0 Å². The lowest BCUT2D eigenvalue weighted by molar-refractivity contribution is -0.0703. The van der Waals surface area contributed by atoms with E-state index in [0.29, 0.717) is 5.41 Å². The van der Waals surface area contributed by atoms with Crippen molar-refractivity contribution in [3.8, 4) is 0 Å². The van der Waals surface area contributed by atoms with E-state index in [1.807, 2.05) is 0 Å². The first-order valence-electron chi connectivity index (χ1n) is 8.97. The molecule has 0 aromatic rings. The van der Waals surface area contributed by atoms with Crippen molar-refractivity contribution >= 4 is 0 Å². The molecule has 5 saturated carbocycles. The van der Waals surface area contributed by atoms with Crippen LogP contribution in [0.15, 0.2) is 0 Å². The summed E-state index contributed by atoms with van der Waals surface area (Å²) in [4.78, 5) is 0. The van der Waals surface area contributed by atoms with E-state index in [0.717, 1.165) is 29.7 Å². The summed E-state index contributed by atoms with van der Waals surface area (Å²) in [5.74, 6) is 4.41. The Kier molecular flexibility index (Phi) is 3.17. The smallest absolute Gasteiger partial charge is 0.00954 e. The molecule has 0 aliphatic heterocycles. The minimum Gasteiger partial charge on any atom is -0.314 e. The molecule has 5 fully saturated rings. The molecule has 108 valence electrons. The summed E-state index contributed by atoms with van der Waals surface area (Å²) in [7, 11) is 0. The van der Waals surface area contributed by atoms with Gasteiger partial charge in [-0.1, -0.05) is 12.8 Å². The van der Waals surface area contributed by atoms with Crippen LogP contribution in [-0.2, 0) is 0 Å². The molecule has 0 aromatic heterocycles. The van der Waals surface area contributed by atoms with Gasteiger partial charge in [0.05, 0.1) is 0 Å². The Morgan fingerprint density at radius 3 is 2.11 bits per heavy atom. The highest BCUT2D eigenvalue weighted by atomic mass is 14.9. The average Bonchev–Trinajstić information content (AvgIpc) is 3.16. The van der Waals surface area contributed by atoms with Crippen LogP contribution in [0.3, 0.4) is 0 Å². The van der Waals surface area contributed by atoms with E-state index in [2.05, 4.69) is 12.2 Å². The van der Waals surface area contributed by atoms with Gasteiger partial charge in [0.1, 0.15) is 0 Å². The molecule has 5 aliphatic carbocycles. The predicted molar refractivity (Wildman–Crippen MR) is 80.0 cm³/mol. The summed E-state index contributed by atoms with van der Waals surface area (Å²) >= 11 is 0. The fourth-order valence-corrected chi connectivity index (χ4v) is 6.04. The van der Waals surface area contributed by atoms with Gasteiger partial charge in [0.15, 0.2) is 0 Å². The second-order valence-electron chi connectivity index (χ2n) is 8.54. The van der Waals surface area contributed by atoms with Crippen molar-refractivity contribution in [2.75, 3.05) is 6.54 Å². The molecule has 0 amide bonds. The largest absolute Gasteiger partial charge is 0.314 e. The molecule has 0 saturated heterocycles. The zero-order chi connectivity index (χ0) is 12.9. The van der Waals surface area contributed by atoms with E-state index >= 15 is 0 Å². The lowest BCUT2D eigenvalue weighted by atomic mass is 9.48. The number of rotatable bonds is 6. The minimum atomic E-state index is 0.703. The lowest BCUT2D eigenvalue weighted by Crippen LogP contribution is -2.54. The summed E-state index contributed by atoms with van der Waals surface area (Å²) < 4.78 is 0. The van der Waals surface area contributed by atoms with Gasteiger partial charge in [0.25, 0.3) is 0 Å². The molecule has 1 unspecified atom stereocenters. The monoisotopic (exact) mass is 261 g/mol. The molecule has 0 aromatic carbocycles. The Morgan fingerprint density at radius 2 is 1.58 bits per heavy atom. The Balaban J connectivity index is 1.32. The van der Waals surface area contributed by atoms with E-state index in [9.17, 15) is 0 Å². The van der Waals surface area contributed by atoms with Crippen LogP contribution < -0.4 is 5.32 Å². The van der Waals surface area contributed by atoms with Gasteiger partial charge in [-0.2, -0.15) is 0 Å². The Morgan fingerprint density at radius 1 is 1.00 bits per heavy atom. The van der Waals surface area contributed by atoms with Crippen LogP contribution in [0.25, 0.3) is 0 Å². The highest BCUT2D eigenvalue weighted by molar-refractivity contribution is 5.05. The average molecular weight is 261 g/mol. The quantitative estimate of drug-likeness (QED) is 0.700. The van der Waals surface area contributed by atoms with Crippen LogP contribution in [0, 0.1) is 29.1 Å². The van der Waals surface area contributed by atoms with Crippen LogP contribution in [0.2, 0.25) is 0 Å². The van der Waals surface area contributed by atoms with Crippen LogP contribution in [0.1, 0.15) is 71.1 Å². The third-order valence-corrected chi connectivity index (χ3v) is 6.94. The normalized spacial score (nSPS) is 45.6. The Bertz CT molecular complexity index is 295. The van der Waals surface area contributed by atoms with Gasteiger partial charge in [-0.05, 0) is 93.9 Å².